The summed E-state index contributed by atoms with van der Waals surface area (Å²) in [6.45, 7) is 10.3. The van der Waals surface area contributed by atoms with E-state index < -0.39 is 21.7 Å². The van der Waals surface area contributed by atoms with Crippen molar-refractivity contribution in [1.29, 1.82) is 0 Å². The zero-order valence-electron chi connectivity index (χ0n) is 23.6. The van der Waals surface area contributed by atoms with Crippen molar-refractivity contribution in [2.45, 2.75) is 70.5 Å². The molecule has 1 fully saturated rings. The van der Waals surface area contributed by atoms with E-state index in [1.54, 1.807) is 23.1 Å². The SMILES string of the molecule is Cc1cccc(C)c1-c1cc(OC2CCCCN(C(=O)OC(C)(C)C)C2)nc(NS(=O)(=O)c2cccc(N)c2)n1. The van der Waals surface area contributed by atoms with E-state index in [0.29, 0.717) is 30.9 Å². The Balaban J connectivity index is 1.68. The summed E-state index contributed by atoms with van der Waals surface area (Å²) in [6, 6.07) is 13.6. The molecule has 40 heavy (non-hydrogen) atoms. The highest BCUT2D eigenvalue weighted by molar-refractivity contribution is 7.92. The van der Waals surface area contributed by atoms with Crippen LogP contribution >= 0.6 is 0 Å². The summed E-state index contributed by atoms with van der Waals surface area (Å²) in [4.78, 5) is 23.4. The number of sulfonamides is 1. The minimum Gasteiger partial charge on any atom is -0.472 e. The quantitative estimate of drug-likeness (QED) is 0.382. The summed E-state index contributed by atoms with van der Waals surface area (Å²) in [6.07, 6.45) is 1.62. The molecule has 1 saturated heterocycles. The Labute approximate surface area is 236 Å². The van der Waals surface area contributed by atoms with Crippen LogP contribution in [0.4, 0.5) is 16.4 Å². The first-order chi connectivity index (χ1) is 18.8. The number of anilines is 2. The first-order valence-corrected chi connectivity index (χ1v) is 14.8. The van der Waals surface area contributed by atoms with Crippen LogP contribution in [-0.4, -0.2) is 54.2 Å². The molecule has 11 heteroatoms. The normalized spacial score (nSPS) is 16.2. The lowest BCUT2D eigenvalue weighted by Gasteiger charge is -2.28. The average molecular weight is 568 g/mol. The molecule has 0 radical (unpaired) electrons. The Bertz CT molecular complexity index is 1470. The Morgan fingerprint density at radius 3 is 2.42 bits per heavy atom. The lowest BCUT2D eigenvalue weighted by atomic mass is 10.00. The first-order valence-electron chi connectivity index (χ1n) is 13.3. The summed E-state index contributed by atoms with van der Waals surface area (Å²) < 4.78 is 40.7. The molecular formula is C29H37N5O5S. The highest BCUT2D eigenvalue weighted by Gasteiger charge is 2.28. The van der Waals surface area contributed by atoms with Gasteiger partial charge in [0.2, 0.25) is 11.8 Å². The van der Waals surface area contributed by atoms with Gasteiger partial charge in [-0.05, 0) is 83.2 Å². The highest BCUT2D eigenvalue weighted by Crippen LogP contribution is 2.30. The number of aryl methyl sites for hydroxylation is 2. The zero-order valence-corrected chi connectivity index (χ0v) is 24.4. The van der Waals surface area contributed by atoms with Gasteiger partial charge >= 0.3 is 6.09 Å². The van der Waals surface area contributed by atoms with Gasteiger partial charge in [0, 0.05) is 23.9 Å². The lowest BCUT2D eigenvalue weighted by molar-refractivity contribution is 0.0189. The molecule has 1 aliphatic rings. The number of nitrogens with one attached hydrogen (secondary N) is 1. The van der Waals surface area contributed by atoms with Gasteiger partial charge in [-0.1, -0.05) is 24.3 Å². The van der Waals surface area contributed by atoms with Gasteiger partial charge in [-0.2, -0.15) is 4.98 Å². The van der Waals surface area contributed by atoms with Crippen LogP contribution in [0.3, 0.4) is 0 Å². The first kappa shape index (κ1) is 29.1. The van der Waals surface area contributed by atoms with Crippen LogP contribution in [0.15, 0.2) is 53.4 Å². The van der Waals surface area contributed by atoms with Crippen LogP contribution in [0.5, 0.6) is 5.88 Å². The molecule has 2 heterocycles. The summed E-state index contributed by atoms with van der Waals surface area (Å²) in [5.41, 5.74) is 8.84. The van der Waals surface area contributed by atoms with Crippen molar-refractivity contribution in [2.75, 3.05) is 23.5 Å². The van der Waals surface area contributed by atoms with Crippen molar-refractivity contribution in [3.05, 3.63) is 59.7 Å². The lowest BCUT2D eigenvalue weighted by Crippen LogP contribution is -2.41. The third kappa shape index (κ3) is 7.41. The van der Waals surface area contributed by atoms with E-state index in [9.17, 15) is 13.2 Å². The number of carbonyl (C=O) groups excluding carboxylic acids is 1. The van der Waals surface area contributed by atoms with Crippen LogP contribution in [0.1, 0.15) is 51.2 Å². The number of benzene rings is 2. The van der Waals surface area contributed by atoms with E-state index in [1.807, 2.05) is 52.8 Å². The second-order valence-corrected chi connectivity index (χ2v) is 12.7. The average Bonchev–Trinajstić information content (AvgIpc) is 3.08. The monoisotopic (exact) mass is 567 g/mol. The van der Waals surface area contributed by atoms with Gasteiger partial charge in [0.05, 0.1) is 17.1 Å². The second kappa shape index (κ2) is 11.7. The molecule has 4 rings (SSSR count). The second-order valence-electron chi connectivity index (χ2n) is 11.0. The molecule has 0 spiro atoms. The number of nitrogens with two attached hydrogens (primary N) is 1. The number of carbonyl (C=O) groups is 1. The molecule has 1 unspecified atom stereocenters. The van der Waals surface area contributed by atoms with Crippen molar-refractivity contribution in [3.63, 3.8) is 0 Å². The molecule has 3 aromatic rings. The van der Waals surface area contributed by atoms with Crippen LogP contribution in [0, 0.1) is 13.8 Å². The van der Waals surface area contributed by atoms with E-state index >= 15 is 0 Å². The fourth-order valence-corrected chi connectivity index (χ4v) is 5.60. The van der Waals surface area contributed by atoms with Gasteiger partial charge in [-0.25, -0.2) is 22.9 Å². The third-order valence-corrected chi connectivity index (χ3v) is 7.73. The summed E-state index contributed by atoms with van der Waals surface area (Å²) >= 11 is 0. The molecule has 1 amide bonds. The Kier molecular flexibility index (Phi) is 8.53. The predicted octanol–water partition coefficient (Wildman–Crippen LogP) is 5.31. The molecule has 214 valence electrons. The summed E-state index contributed by atoms with van der Waals surface area (Å²) in [5, 5.41) is 0. The molecule has 1 atom stereocenters. The standard InChI is InChI=1S/C29H37N5O5S/c1-19-10-8-11-20(2)26(19)24-17-25(32-27(31-24)33-40(36,37)23-14-9-12-21(30)16-23)38-22-13-6-7-15-34(18-22)28(35)39-29(3,4)5/h8-12,14,16-17,22H,6-7,13,15,18,30H2,1-5H3,(H,31,32,33). The number of rotatable bonds is 6. The molecule has 2 aromatic carbocycles. The van der Waals surface area contributed by atoms with E-state index in [4.69, 9.17) is 15.2 Å². The van der Waals surface area contributed by atoms with Crippen LogP contribution in [0.2, 0.25) is 0 Å². The van der Waals surface area contributed by atoms with Crippen molar-refractivity contribution < 1.29 is 22.7 Å². The van der Waals surface area contributed by atoms with Gasteiger partial charge in [-0.3, -0.25) is 0 Å². The Hall–Kier alpha value is -3.86. The topological polar surface area (TPSA) is 137 Å². The summed E-state index contributed by atoms with van der Waals surface area (Å²) in [5.74, 6) is 0.0733. The number of nitrogen functional groups attached to an aromatic ring is 1. The Morgan fingerprint density at radius 2 is 1.75 bits per heavy atom. The fraction of sp³-hybridized carbons (Fsp3) is 0.414. The fourth-order valence-electron chi connectivity index (χ4n) is 4.60. The number of hydrogen-bond donors (Lipinski definition) is 2. The minimum atomic E-state index is -4.03. The molecule has 0 bridgehead atoms. The van der Waals surface area contributed by atoms with Gasteiger partial charge in [0.15, 0.2) is 0 Å². The van der Waals surface area contributed by atoms with Crippen molar-refractivity contribution in [1.82, 2.24) is 14.9 Å². The predicted molar refractivity (Wildman–Crippen MR) is 155 cm³/mol. The van der Waals surface area contributed by atoms with E-state index in [-0.39, 0.29) is 22.8 Å². The van der Waals surface area contributed by atoms with Gasteiger partial charge < -0.3 is 20.1 Å². The number of aromatic nitrogens is 2. The van der Waals surface area contributed by atoms with Gasteiger partial charge in [0.25, 0.3) is 10.0 Å². The number of hydrogen-bond acceptors (Lipinski definition) is 8. The van der Waals surface area contributed by atoms with Gasteiger partial charge in [0.1, 0.15) is 11.7 Å². The zero-order chi connectivity index (χ0) is 29.1. The Morgan fingerprint density at radius 1 is 1.05 bits per heavy atom. The summed E-state index contributed by atoms with van der Waals surface area (Å²) in [7, 11) is -4.03. The molecule has 3 N–H and O–H groups in total. The molecule has 10 nitrogen and oxygen atoms in total. The van der Waals surface area contributed by atoms with Gasteiger partial charge in [-0.15, -0.1) is 0 Å². The highest BCUT2D eigenvalue weighted by atomic mass is 32.2. The van der Waals surface area contributed by atoms with Crippen LogP contribution in [-0.2, 0) is 14.8 Å². The molecular weight excluding hydrogens is 530 g/mol. The van der Waals surface area contributed by atoms with Crippen LogP contribution < -0.4 is 15.2 Å². The van der Waals surface area contributed by atoms with E-state index in [0.717, 1.165) is 29.5 Å². The third-order valence-electron chi connectivity index (χ3n) is 6.40. The maximum Gasteiger partial charge on any atom is 0.410 e. The van der Waals surface area contributed by atoms with Crippen molar-refractivity contribution in [2.24, 2.45) is 0 Å². The molecule has 1 aliphatic heterocycles. The molecule has 0 aliphatic carbocycles. The molecule has 0 saturated carbocycles. The number of ether oxygens (including phenoxy) is 2. The van der Waals surface area contributed by atoms with E-state index in [1.165, 1.54) is 12.1 Å². The maximum absolute atomic E-state index is 13.2. The largest absolute Gasteiger partial charge is 0.472 e. The minimum absolute atomic E-state index is 0.00665. The van der Waals surface area contributed by atoms with Crippen molar-refractivity contribution in [3.8, 4) is 17.1 Å². The van der Waals surface area contributed by atoms with Crippen molar-refractivity contribution >= 4 is 27.8 Å². The smallest absolute Gasteiger partial charge is 0.410 e. The molecule has 1 aromatic heterocycles. The number of nitrogens with zero attached hydrogens (tertiary/aromatic N) is 3. The number of likely N-dealkylation sites (tertiary alicyclic amines) is 1. The van der Waals surface area contributed by atoms with Crippen LogP contribution in [0.25, 0.3) is 11.3 Å². The maximum atomic E-state index is 13.2. The van der Waals surface area contributed by atoms with E-state index in [2.05, 4.69) is 14.7 Å². The number of amides is 1.